The van der Waals surface area contributed by atoms with Gasteiger partial charge in [0.15, 0.2) is 0 Å². The van der Waals surface area contributed by atoms with Gasteiger partial charge in [-0.3, -0.25) is 10.1 Å². The molecule has 3 rings (SSSR count). The van der Waals surface area contributed by atoms with Crippen LogP contribution in [0.2, 0.25) is 0 Å². The van der Waals surface area contributed by atoms with Gasteiger partial charge in [-0.15, -0.1) is 0 Å². The first-order valence-electron chi connectivity index (χ1n) is 6.58. The summed E-state index contributed by atoms with van der Waals surface area (Å²) in [4.78, 5) is 14.1. The fourth-order valence-corrected chi connectivity index (χ4v) is 2.78. The SMILES string of the molecule is O=[N+]([O-])C[C@H](c1ccc(Br)cc1)c1cc2ccccc2[nH]1. The number of nitro groups is 1. The lowest BCUT2D eigenvalue weighted by Crippen LogP contribution is -2.14. The monoisotopic (exact) mass is 344 g/mol. The summed E-state index contributed by atoms with van der Waals surface area (Å²) in [6.07, 6.45) is 0. The zero-order valence-electron chi connectivity index (χ0n) is 11.1. The minimum atomic E-state index is -0.277. The van der Waals surface area contributed by atoms with Crippen molar-refractivity contribution < 1.29 is 4.92 Å². The van der Waals surface area contributed by atoms with Crippen LogP contribution in [0.3, 0.4) is 0 Å². The molecule has 0 bridgehead atoms. The van der Waals surface area contributed by atoms with Crippen molar-refractivity contribution in [2.24, 2.45) is 0 Å². The van der Waals surface area contributed by atoms with Gasteiger partial charge >= 0.3 is 0 Å². The highest BCUT2D eigenvalue weighted by molar-refractivity contribution is 9.10. The number of hydrogen-bond donors (Lipinski definition) is 1. The molecule has 2 aromatic carbocycles. The lowest BCUT2D eigenvalue weighted by Gasteiger charge is -2.12. The van der Waals surface area contributed by atoms with E-state index >= 15 is 0 Å². The molecule has 3 aromatic rings. The van der Waals surface area contributed by atoms with Crippen molar-refractivity contribution in [1.29, 1.82) is 0 Å². The van der Waals surface area contributed by atoms with Crippen LogP contribution in [0.4, 0.5) is 0 Å². The molecular weight excluding hydrogens is 332 g/mol. The average molecular weight is 345 g/mol. The minimum absolute atomic E-state index is 0.131. The minimum Gasteiger partial charge on any atom is -0.358 e. The van der Waals surface area contributed by atoms with Crippen LogP contribution in [-0.2, 0) is 0 Å². The van der Waals surface area contributed by atoms with E-state index in [0.717, 1.165) is 26.6 Å². The Hall–Kier alpha value is -2.14. The standard InChI is InChI=1S/C16H13BrN2O2/c17-13-7-5-11(6-8-13)14(10-19(20)21)16-9-12-3-1-2-4-15(12)18-16/h1-9,14,18H,10H2/t14-/m1/s1. The van der Waals surface area contributed by atoms with Crippen molar-refractivity contribution in [3.05, 3.63) is 80.4 Å². The van der Waals surface area contributed by atoms with Gasteiger partial charge in [-0.2, -0.15) is 0 Å². The Morgan fingerprint density at radius 1 is 1.14 bits per heavy atom. The molecular formula is C16H13BrN2O2. The summed E-state index contributed by atoms with van der Waals surface area (Å²) in [5.41, 5.74) is 2.80. The van der Waals surface area contributed by atoms with E-state index in [9.17, 15) is 10.1 Å². The molecule has 0 saturated carbocycles. The summed E-state index contributed by atoms with van der Waals surface area (Å²) in [6, 6.07) is 17.5. The molecule has 0 fully saturated rings. The summed E-state index contributed by atoms with van der Waals surface area (Å²) < 4.78 is 0.961. The largest absolute Gasteiger partial charge is 0.358 e. The van der Waals surface area contributed by atoms with Gasteiger partial charge in [0.25, 0.3) is 0 Å². The number of nitrogens with one attached hydrogen (secondary N) is 1. The molecule has 0 spiro atoms. The predicted octanol–water partition coefficient (Wildman–Crippen LogP) is 4.34. The van der Waals surface area contributed by atoms with Crippen LogP contribution < -0.4 is 0 Å². The molecule has 0 radical (unpaired) electrons. The number of H-pyrrole nitrogens is 1. The second-order valence-electron chi connectivity index (χ2n) is 4.93. The van der Waals surface area contributed by atoms with E-state index in [4.69, 9.17) is 0 Å². The smallest absolute Gasteiger partial charge is 0.216 e. The van der Waals surface area contributed by atoms with Gasteiger partial charge in [-0.25, -0.2) is 0 Å². The zero-order valence-corrected chi connectivity index (χ0v) is 12.7. The third kappa shape index (κ3) is 2.97. The third-order valence-electron chi connectivity index (χ3n) is 3.53. The van der Waals surface area contributed by atoms with Crippen molar-refractivity contribution in [3.63, 3.8) is 0 Å². The molecule has 4 nitrogen and oxygen atoms in total. The number of para-hydroxylation sites is 1. The quantitative estimate of drug-likeness (QED) is 0.565. The fraction of sp³-hybridized carbons (Fsp3) is 0.125. The van der Waals surface area contributed by atoms with Crippen LogP contribution in [0.25, 0.3) is 10.9 Å². The molecule has 5 heteroatoms. The zero-order chi connectivity index (χ0) is 14.8. The molecule has 106 valence electrons. The summed E-state index contributed by atoms with van der Waals surface area (Å²) in [6.45, 7) is -0.131. The van der Waals surface area contributed by atoms with Gasteiger partial charge < -0.3 is 4.98 Å². The van der Waals surface area contributed by atoms with E-state index in [0.29, 0.717) is 0 Å². The number of nitrogens with zero attached hydrogens (tertiary/aromatic N) is 1. The molecule has 0 aliphatic heterocycles. The van der Waals surface area contributed by atoms with Gasteiger partial charge in [0.1, 0.15) is 0 Å². The van der Waals surface area contributed by atoms with Crippen molar-refractivity contribution in [3.8, 4) is 0 Å². The highest BCUT2D eigenvalue weighted by Gasteiger charge is 2.22. The number of benzene rings is 2. The van der Waals surface area contributed by atoms with Crippen LogP contribution >= 0.6 is 15.9 Å². The van der Waals surface area contributed by atoms with Crippen LogP contribution in [0, 0.1) is 10.1 Å². The van der Waals surface area contributed by atoms with E-state index in [2.05, 4.69) is 20.9 Å². The lowest BCUT2D eigenvalue weighted by molar-refractivity contribution is -0.481. The van der Waals surface area contributed by atoms with E-state index in [1.165, 1.54) is 0 Å². The summed E-state index contributed by atoms with van der Waals surface area (Å²) in [5.74, 6) is -0.277. The van der Waals surface area contributed by atoms with E-state index in [-0.39, 0.29) is 17.4 Å². The number of halogens is 1. The highest BCUT2D eigenvalue weighted by atomic mass is 79.9. The lowest BCUT2D eigenvalue weighted by atomic mass is 9.96. The predicted molar refractivity (Wildman–Crippen MR) is 86.1 cm³/mol. The average Bonchev–Trinajstić information content (AvgIpc) is 2.89. The molecule has 0 aliphatic carbocycles. The number of hydrogen-bond acceptors (Lipinski definition) is 2. The molecule has 0 saturated heterocycles. The van der Waals surface area contributed by atoms with Crippen LogP contribution in [0.5, 0.6) is 0 Å². The van der Waals surface area contributed by atoms with E-state index in [1.807, 2.05) is 54.6 Å². The Balaban J connectivity index is 2.05. The molecule has 0 unspecified atom stereocenters. The molecule has 1 atom stereocenters. The Bertz CT molecular complexity index is 747. The first-order valence-corrected chi connectivity index (χ1v) is 7.38. The van der Waals surface area contributed by atoms with Crippen LogP contribution in [0.1, 0.15) is 17.2 Å². The summed E-state index contributed by atoms with van der Waals surface area (Å²) in [7, 11) is 0. The molecule has 1 heterocycles. The first-order chi connectivity index (χ1) is 10.1. The van der Waals surface area contributed by atoms with Gasteiger partial charge in [0.05, 0.1) is 5.92 Å². The summed E-state index contributed by atoms with van der Waals surface area (Å²) >= 11 is 3.39. The van der Waals surface area contributed by atoms with Crippen molar-refractivity contribution in [1.82, 2.24) is 4.98 Å². The van der Waals surface area contributed by atoms with Crippen LogP contribution in [-0.4, -0.2) is 16.5 Å². The topological polar surface area (TPSA) is 58.9 Å². The van der Waals surface area contributed by atoms with Crippen LogP contribution in [0.15, 0.2) is 59.1 Å². The molecule has 0 aliphatic rings. The van der Waals surface area contributed by atoms with Crippen molar-refractivity contribution in [2.45, 2.75) is 5.92 Å². The molecule has 1 aromatic heterocycles. The Morgan fingerprint density at radius 3 is 2.52 bits per heavy atom. The second kappa shape index (κ2) is 5.69. The van der Waals surface area contributed by atoms with Gasteiger partial charge in [0, 0.05) is 20.6 Å². The number of rotatable bonds is 4. The normalized spacial score (nSPS) is 12.4. The van der Waals surface area contributed by atoms with E-state index < -0.39 is 0 Å². The highest BCUT2D eigenvalue weighted by Crippen LogP contribution is 2.28. The fourth-order valence-electron chi connectivity index (χ4n) is 2.51. The Kier molecular flexibility index (Phi) is 3.75. The Morgan fingerprint density at radius 2 is 1.86 bits per heavy atom. The maximum Gasteiger partial charge on any atom is 0.216 e. The molecule has 0 amide bonds. The first kappa shape index (κ1) is 13.8. The van der Waals surface area contributed by atoms with E-state index in [1.54, 1.807) is 0 Å². The number of aromatic amines is 1. The second-order valence-corrected chi connectivity index (χ2v) is 5.85. The Labute approximate surface area is 130 Å². The number of fused-ring (bicyclic) bond motifs is 1. The maximum atomic E-state index is 11.0. The molecule has 21 heavy (non-hydrogen) atoms. The number of aromatic nitrogens is 1. The van der Waals surface area contributed by atoms with Gasteiger partial charge in [0.2, 0.25) is 6.54 Å². The van der Waals surface area contributed by atoms with Crippen molar-refractivity contribution >= 4 is 26.8 Å². The molecule has 1 N–H and O–H groups in total. The van der Waals surface area contributed by atoms with Crippen molar-refractivity contribution in [2.75, 3.05) is 6.54 Å². The maximum absolute atomic E-state index is 11.0. The third-order valence-corrected chi connectivity index (χ3v) is 4.06. The summed E-state index contributed by atoms with van der Waals surface area (Å²) in [5, 5.41) is 12.1. The van der Waals surface area contributed by atoms with Gasteiger partial charge in [-0.05, 0) is 35.2 Å². The van der Waals surface area contributed by atoms with Gasteiger partial charge in [-0.1, -0.05) is 46.3 Å².